The predicted molar refractivity (Wildman–Crippen MR) is 84.9 cm³/mol. The molecule has 0 radical (unpaired) electrons. The number of rotatable bonds is 4. The Hall–Kier alpha value is -1.77. The maximum Gasteiger partial charge on any atom is 0.194 e. The number of benzene rings is 2. The van der Waals surface area contributed by atoms with E-state index in [0.717, 1.165) is 5.69 Å². The van der Waals surface area contributed by atoms with Crippen molar-refractivity contribution in [3.63, 3.8) is 0 Å². The minimum absolute atomic E-state index is 0.148. The molecule has 2 aromatic rings. The van der Waals surface area contributed by atoms with Gasteiger partial charge in [0.1, 0.15) is 0 Å². The first-order valence-electron chi connectivity index (χ1n) is 5.98. The van der Waals surface area contributed by atoms with E-state index < -0.39 is 0 Å². The van der Waals surface area contributed by atoms with Gasteiger partial charge in [-0.05, 0) is 48.7 Å². The first kappa shape index (κ1) is 14.6. The number of halogens is 2. The molecule has 0 fully saturated rings. The third-order valence-corrected chi connectivity index (χ3v) is 3.55. The standard InChI is InChI=1S/C16H13Cl2NO/c1-3-19(2)13-7-4-11(5-8-13)16(20)14-10-12(17)6-9-15(14)18/h3-10H,1H2,2H3. The van der Waals surface area contributed by atoms with Crippen LogP contribution >= 0.6 is 23.2 Å². The molecule has 20 heavy (non-hydrogen) atoms. The summed E-state index contributed by atoms with van der Waals surface area (Å²) in [5.41, 5.74) is 1.92. The van der Waals surface area contributed by atoms with Crippen molar-refractivity contribution in [2.75, 3.05) is 11.9 Å². The molecule has 0 aliphatic rings. The fraction of sp³-hybridized carbons (Fsp3) is 0.0625. The highest BCUT2D eigenvalue weighted by atomic mass is 35.5. The molecule has 4 heteroatoms. The van der Waals surface area contributed by atoms with Crippen molar-refractivity contribution in [1.29, 1.82) is 0 Å². The summed E-state index contributed by atoms with van der Waals surface area (Å²) in [7, 11) is 1.89. The Morgan fingerprint density at radius 3 is 2.40 bits per heavy atom. The Bertz CT molecular complexity index is 650. The zero-order valence-corrected chi connectivity index (χ0v) is 12.4. The Labute approximate surface area is 128 Å². The molecule has 0 unspecified atom stereocenters. The van der Waals surface area contributed by atoms with Crippen LogP contribution in [-0.4, -0.2) is 12.8 Å². The van der Waals surface area contributed by atoms with Crippen LogP contribution in [0.2, 0.25) is 10.0 Å². The first-order chi connectivity index (χ1) is 9.52. The lowest BCUT2D eigenvalue weighted by atomic mass is 10.0. The van der Waals surface area contributed by atoms with E-state index in [1.165, 1.54) is 0 Å². The lowest BCUT2D eigenvalue weighted by Crippen LogP contribution is -2.08. The van der Waals surface area contributed by atoms with Gasteiger partial charge >= 0.3 is 0 Å². The minimum Gasteiger partial charge on any atom is -0.352 e. The molecule has 2 rings (SSSR count). The summed E-state index contributed by atoms with van der Waals surface area (Å²) in [6.45, 7) is 3.69. The average molecular weight is 306 g/mol. The van der Waals surface area contributed by atoms with Gasteiger partial charge in [0.25, 0.3) is 0 Å². The van der Waals surface area contributed by atoms with Gasteiger partial charge < -0.3 is 4.90 Å². The number of hydrogen-bond donors (Lipinski definition) is 0. The van der Waals surface area contributed by atoms with E-state index in [9.17, 15) is 4.79 Å². The van der Waals surface area contributed by atoms with E-state index in [0.29, 0.717) is 21.2 Å². The molecule has 2 aromatic carbocycles. The van der Waals surface area contributed by atoms with Crippen molar-refractivity contribution < 1.29 is 4.79 Å². The van der Waals surface area contributed by atoms with Gasteiger partial charge in [0.05, 0.1) is 5.02 Å². The van der Waals surface area contributed by atoms with Crippen LogP contribution in [0.1, 0.15) is 15.9 Å². The zero-order valence-electron chi connectivity index (χ0n) is 10.9. The van der Waals surface area contributed by atoms with Gasteiger partial charge in [-0.25, -0.2) is 0 Å². The second-order valence-corrected chi connectivity index (χ2v) is 5.14. The highest BCUT2D eigenvalue weighted by Crippen LogP contribution is 2.24. The van der Waals surface area contributed by atoms with E-state index in [-0.39, 0.29) is 5.78 Å². The van der Waals surface area contributed by atoms with Crippen molar-refractivity contribution >= 4 is 34.7 Å². The molecule has 0 amide bonds. The molecule has 0 spiro atoms. The summed E-state index contributed by atoms with van der Waals surface area (Å²) in [4.78, 5) is 14.3. The number of carbonyl (C=O) groups excluding carboxylic acids is 1. The largest absolute Gasteiger partial charge is 0.352 e. The molecule has 2 nitrogen and oxygen atoms in total. The Balaban J connectivity index is 2.34. The molecular formula is C16H13Cl2NO. The summed E-state index contributed by atoms with van der Waals surface area (Å²) < 4.78 is 0. The van der Waals surface area contributed by atoms with E-state index in [1.54, 1.807) is 36.5 Å². The van der Waals surface area contributed by atoms with Gasteiger partial charge in [0.15, 0.2) is 5.78 Å². The lowest BCUT2D eigenvalue weighted by Gasteiger charge is -2.13. The molecule has 0 heterocycles. The quantitative estimate of drug-likeness (QED) is 0.756. The fourth-order valence-electron chi connectivity index (χ4n) is 1.78. The summed E-state index contributed by atoms with van der Waals surface area (Å²) >= 11 is 11.9. The van der Waals surface area contributed by atoms with E-state index >= 15 is 0 Å². The molecule has 0 N–H and O–H groups in total. The maximum atomic E-state index is 12.4. The molecule has 0 bridgehead atoms. The number of anilines is 1. The number of hydrogen-bond acceptors (Lipinski definition) is 2. The highest BCUT2D eigenvalue weighted by molar-refractivity contribution is 6.36. The van der Waals surface area contributed by atoms with Crippen molar-refractivity contribution in [2.45, 2.75) is 0 Å². The number of nitrogens with zero attached hydrogens (tertiary/aromatic N) is 1. The van der Waals surface area contributed by atoms with Crippen LogP contribution in [0.3, 0.4) is 0 Å². The zero-order chi connectivity index (χ0) is 14.7. The molecule has 0 saturated heterocycles. The van der Waals surface area contributed by atoms with E-state index in [1.807, 2.05) is 24.1 Å². The van der Waals surface area contributed by atoms with Gasteiger partial charge in [-0.1, -0.05) is 29.8 Å². The van der Waals surface area contributed by atoms with Crippen molar-refractivity contribution in [3.05, 3.63) is 76.4 Å². The average Bonchev–Trinajstić information content (AvgIpc) is 2.48. The SMILES string of the molecule is C=CN(C)c1ccc(C(=O)c2cc(Cl)ccc2Cl)cc1. The summed E-state index contributed by atoms with van der Waals surface area (Å²) in [6, 6.07) is 12.1. The Kier molecular flexibility index (Phi) is 4.48. The van der Waals surface area contributed by atoms with E-state index in [4.69, 9.17) is 23.2 Å². The van der Waals surface area contributed by atoms with Gasteiger partial charge in [-0.2, -0.15) is 0 Å². The van der Waals surface area contributed by atoms with Gasteiger partial charge in [0, 0.05) is 28.9 Å². The van der Waals surface area contributed by atoms with Crippen LogP contribution in [0.5, 0.6) is 0 Å². The molecule has 0 aliphatic carbocycles. The van der Waals surface area contributed by atoms with Crippen LogP contribution in [0.25, 0.3) is 0 Å². The third kappa shape index (κ3) is 3.03. The predicted octanol–water partition coefficient (Wildman–Crippen LogP) is 4.80. The van der Waals surface area contributed by atoms with Crippen LogP contribution < -0.4 is 4.90 Å². The molecular weight excluding hydrogens is 293 g/mol. The fourth-order valence-corrected chi connectivity index (χ4v) is 2.16. The molecule has 102 valence electrons. The van der Waals surface area contributed by atoms with Gasteiger partial charge in [0.2, 0.25) is 0 Å². The normalized spacial score (nSPS) is 10.2. The molecule has 0 atom stereocenters. The minimum atomic E-state index is -0.148. The van der Waals surface area contributed by atoms with Crippen LogP contribution in [0.15, 0.2) is 55.2 Å². The second-order valence-electron chi connectivity index (χ2n) is 4.29. The Morgan fingerprint density at radius 1 is 1.15 bits per heavy atom. The monoisotopic (exact) mass is 305 g/mol. The van der Waals surface area contributed by atoms with Crippen LogP contribution in [0, 0.1) is 0 Å². The van der Waals surface area contributed by atoms with Gasteiger partial charge in [-0.15, -0.1) is 0 Å². The summed E-state index contributed by atoms with van der Waals surface area (Å²) in [6.07, 6.45) is 1.70. The number of carbonyl (C=O) groups is 1. The Morgan fingerprint density at radius 2 is 1.80 bits per heavy atom. The van der Waals surface area contributed by atoms with Gasteiger partial charge in [-0.3, -0.25) is 4.79 Å². The molecule has 0 saturated carbocycles. The van der Waals surface area contributed by atoms with Crippen molar-refractivity contribution in [2.24, 2.45) is 0 Å². The third-order valence-electron chi connectivity index (χ3n) is 2.98. The summed E-state index contributed by atoms with van der Waals surface area (Å²) in [5, 5.41) is 0.882. The second kappa shape index (κ2) is 6.12. The lowest BCUT2D eigenvalue weighted by molar-refractivity contribution is 0.103. The molecule has 0 aliphatic heterocycles. The topological polar surface area (TPSA) is 20.3 Å². The number of ketones is 1. The highest BCUT2D eigenvalue weighted by Gasteiger charge is 2.13. The maximum absolute atomic E-state index is 12.4. The smallest absolute Gasteiger partial charge is 0.194 e. The van der Waals surface area contributed by atoms with Crippen molar-refractivity contribution in [3.8, 4) is 0 Å². The first-order valence-corrected chi connectivity index (χ1v) is 6.73. The van der Waals surface area contributed by atoms with Crippen LogP contribution in [-0.2, 0) is 0 Å². The van der Waals surface area contributed by atoms with Crippen molar-refractivity contribution in [1.82, 2.24) is 0 Å². The summed E-state index contributed by atoms with van der Waals surface area (Å²) in [5.74, 6) is -0.148. The molecule has 0 aromatic heterocycles. The van der Waals surface area contributed by atoms with E-state index in [2.05, 4.69) is 6.58 Å². The van der Waals surface area contributed by atoms with Crippen LogP contribution in [0.4, 0.5) is 5.69 Å².